The first-order valence-corrected chi connectivity index (χ1v) is 7.30. The minimum absolute atomic E-state index is 0.259. The fourth-order valence-electron chi connectivity index (χ4n) is 3.91. The molecule has 2 rings (SSSR count). The van der Waals surface area contributed by atoms with Gasteiger partial charge in [-0.05, 0) is 46.2 Å². The molecular weight excluding hydrogens is 210 g/mol. The number of nitrogens with zero attached hydrogens (tertiary/aromatic N) is 2. The summed E-state index contributed by atoms with van der Waals surface area (Å²) in [5, 5.41) is 0. The lowest BCUT2D eigenvalue weighted by molar-refractivity contribution is 0.0266. The number of hydrogen-bond acceptors (Lipinski definition) is 3. The minimum atomic E-state index is 0.259. The van der Waals surface area contributed by atoms with Gasteiger partial charge in [-0.15, -0.1) is 0 Å². The molecule has 0 radical (unpaired) electrons. The van der Waals surface area contributed by atoms with Crippen molar-refractivity contribution < 1.29 is 0 Å². The van der Waals surface area contributed by atoms with E-state index in [4.69, 9.17) is 5.73 Å². The minimum Gasteiger partial charge on any atom is -0.329 e. The highest BCUT2D eigenvalue weighted by Gasteiger charge is 2.46. The van der Waals surface area contributed by atoms with E-state index in [1.54, 1.807) is 0 Å². The maximum absolute atomic E-state index is 6.17. The van der Waals surface area contributed by atoms with Crippen molar-refractivity contribution in [2.45, 2.75) is 63.6 Å². The van der Waals surface area contributed by atoms with Crippen molar-refractivity contribution in [1.29, 1.82) is 0 Å². The van der Waals surface area contributed by atoms with Crippen molar-refractivity contribution in [3.8, 4) is 0 Å². The fraction of sp³-hybridized carbons (Fsp3) is 1.00. The van der Waals surface area contributed by atoms with Gasteiger partial charge in [0.15, 0.2) is 0 Å². The van der Waals surface area contributed by atoms with Crippen LogP contribution < -0.4 is 5.73 Å². The third-order valence-corrected chi connectivity index (χ3v) is 5.06. The molecule has 3 heteroatoms. The number of piperidine rings is 1. The van der Waals surface area contributed by atoms with Gasteiger partial charge >= 0.3 is 0 Å². The second-order valence-corrected chi connectivity index (χ2v) is 6.15. The maximum Gasteiger partial charge on any atom is 0.0476 e. The summed E-state index contributed by atoms with van der Waals surface area (Å²) >= 11 is 0. The van der Waals surface area contributed by atoms with Crippen molar-refractivity contribution in [2.75, 3.05) is 26.7 Å². The van der Waals surface area contributed by atoms with Gasteiger partial charge in [0, 0.05) is 30.7 Å². The van der Waals surface area contributed by atoms with E-state index >= 15 is 0 Å². The first-order chi connectivity index (χ1) is 8.13. The van der Waals surface area contributed by atoms with Gasteiger partial charge in [0.1, 0.15) is 0 Å². The Morgan fingerprint density at radius 3 is 2.65 bits per heavy atom. The van der Waals surface area contributed by atoms with Crippen LogP contribution in [0.4, 0.5) is 0 Å². The van der Waals surface area contributed by atoms with Crippen molar-refractivity contribution in [3.05, 3.63) is 0 Å². The van der Waals surface area contributed by atoms with Gasteiger partial charge in [0.2, 0.25) is 0 Å². The first kappa shape index (κ1) is 13.3. The Bertz CT molecular complexity index is 244. The molecule has 17 heavy (non-hydrogen) atoms. The highest BCUT2D eigenvalue weighted by molar-refractivity contribution is 5.04. The molecule has 0 amide bonds. The molecule has 100 valence electrons. The number of likely N-dealkylation sites (tertiary alicyclic amines) is 2. The summed E-state index contributed by atoms with van der Waals surface area (Å²) in [5.74, 6) is 0. The van der Waals surface area contributed by atoms with Crippen LogP contribution in [-0.4, -0.2) is 54.1 Å². The molecule has 3 unspecified atom stereocenters. The summed E-state index contributed by atoms with van der Waals surface area (Å²) in [6.07, 6.45) is 6.66. The monoisotopic (exact) mass is 239 g/mol. The Kier molecular flexibility index (Phi) is 4.11. The van der Waals surface area contributed by atoms with Crippen LogP contribution in [0.5, 0.6) is 0 Å². The standard InChI is InChI=1S/C14H29N3/c1-4-13-7-5-6-8-17(13)14(10-15)9-12(2)16(3)11-14/h12-13H,4-11,15H2,1-3H3. The van der Waals surface area contributed by atoms with Crippen molar-refractivity contribution in [2.24, 2.45) is 5.73 Å². The number of likely N-dealkylation sites (N-methyl/N-ethyl adjacent to an activating group) is 1. The van der Waals surface area contributed by atoms with Gasteiger partial charge in [0.25, 0.3) is 0 Å². The van der Waals surface area contributed by atoms with Gasteiger partial charge in [0.05, 0.1) is 0 Å². The van der Waals surface area contributed by atoms with Crippen LogP contribution in [-0.2, 0) is 0 Å². The van der Waals surface area contributed by atoms with Gasteiger partial charge in [-0.2, -0.15) is 0 Å². The number of hydrogen-bond donors (Lipinski definition) is 1. The van der Waals surface area contributed by atoms with E-state index in [1.807, 2.05) is 0 Å². The van der Waals surface area contributed by atoms with Crippen LogP contribution in [0.15, 0.2) is 0 Å². The van der Waals surface area contributed by atoms with E-state index in [0.29, 0.717) is 6.04 Å². The second-order valence-electron chi connectivity index (χ2n) is 6.15. The molecule has 0 aromatic heterocycles. The van der Waals surface area contributed by atoms with Gasteiger partial charge in [-0.3, -0.25) is 4.90 Å². The molecule has 3 atom stereocenters. The van der Waals surface area contributed by atoms with Crippen LogP contribution in [0.3, 0.4) is 0 Å². The molecule has 0 aliphatic carbocycles. The zero-order valence-corrected chi connectivity index (χ0v) is 11.8. The molecule has 2 saturated heterocycles. The molecular formula is C14H29N3. The highest BCUT2D eigenvalue weighted by atomic mass is 15.3. The van der Waals surface area contributed by atoms with Crippen molar-refractivity contribution in [1.82, 2.24) is 9.80 Å². The number of nitrogens with two attached hydrogens (primary N) is 1. The van der Waals surface area contributed by atoms with Gasteiger partial charge in [-0.1, -0.05) is 13.3 Å². The Hall–Kier alpha value is -0.120. The van der Waals surface area contributed by atoms with E-state index in [0.717, 1.165) is 19.1 Å². The molecule has 3 nitrogen and oxygen atoms in total. The Balaban J connectivity index is 2.16. The average molecular weight is 239 g/mol. The summed E-state index contributed by atoms with van der Waals surface area (Å²) in [6.45, 7) is 7.90. The summed E-state index contributed by atoms with van der Waals surface area (Å²) in [6, 6.07) is 1.45. The lowest BCUT2D eigenvalue weighted by atomic mass is 9.87. The van der Waals surface area contributed by atoms with E-state index in [-0.39, 0.29) is 5.54 Å². The quantitative estimate of drug-likeness (QED) is 0.813. The van der Waals surface area contributed by atoms with E-state index in [2.05, 4.69) is 30.7 Å². The van der Waals surface area contributed by atoms with Crippen molar-refractivity contribution in [3.63, 3.8) is 0 Å². The Morgan fingerprint density at radius 1 is 1.35 bits per heavy atom. The largest absolute Gasteiger partial charge is 0.329 e. The first-order valence-electron chi connectivity index (χ1n) is 7.30. The van der Waals surface area contributed by atoms with Crippen LogP contribution in [0, 0.1) is 0 Å². The lowest BCUT2D eigenvalue weighted by Gasteiger charge is -2.47. The molecule has 2 aliphatic heterocycles. The highest BCUT2D eigenvalue weighted by Crippen LogP contribution is 2.36. The van der Waals surface area contributed by atoms with E-state index < -0.39 is 0 Å². The maximum atomic E-state index is 6.17. The molecule has 0 spiro atoms. The molecule has 0 aromatic carbocycles. The Labute approximate surface area is 106 Å². The molecule has 2 N–H and O–H groups in total. The molecule has 0 bridgehead atoms. The summed E-state index contributed by atoms with van der Waals surface area (Å²) in [4.78, 5) is 5.24. The third kappa shape index (κ3) is 2.38. The topological polar surface area (TPSA) is 32.5 Å². The van der Waals surface area contributed by atoms with E-state index in [9.17, 15) is 0 Å². The third-order valence-electron chi connectivity index (χ3n) is 5.06. The lowest BCUT2D eigenvalue weighted by Crippen LogP contribution is -2.60. The zero-order valence-electron chi connectivity index (χ0n) is 11.8. The van der Waals surface area contributed by atoms with E-state index in [1.165, 1.54) is 38.6 Å². The van der Waals surface area contributed by atoms with Crippen LogP contribution in [0.2, 0.25) is 0 Å². The SMILES string of the molecule is CCC1CCCCN1C1(CN)CC(C)N(C)C1. The van der Waals surface area contributed by atoms with Crippen molar-refractivity contribution >= 4 is 0 Å². The summed E-state index contributed by atoms with van der Waals surface area (Å²) < 4.78 is 0. The van der Waals surface area contributed by atoms with Crippen LogP contribution in [0.25, 0.3) is 0 Å². The zero-order chi connectivity index (χ0) is 12.5. The fourth-order valence-corrected chi connectivity index (χ4v) is 3.91. The predicted octanol–water partition coefficient (Wildman–Crippen LogP) is 1.67. The summed E-state index contributed by atoms with van der Waals surface area (Å²) in [7, 11) is 2.24. The average Bonchev–Trinajstić information content (AvgIpc) is 2.66. The second kappa shape index (κ2) is 5.25. The number of rotatable bonds is 3. The Morgan fingerprint density at radius 2 is 2.12 bits per heavy atom. The van der Waals surface area contributed by atoms with Crippen LogP contribution in [0.1, 0.15) is 46.0 Å². The molecule has 0 saturated carbocycles. The van der Waals surface area contributed by atoms with Gasteiger partial charge < -0.3 is 10.6 Å². The summed E-state index contributed by atoms with van der Waals surface area (Å²) in [5.41, 5.74) is 6.43. The van der Waals surface area contributed by atoms with Gasteiger partial charge in [-0.25, -0.2) is 0 Å². The normalized spacial score (nSPS) is 40.9. The molecule has 2 heterocycles. The molecule has 0 aromatic rings. The molecule has 2 aliphatic rings. The predicted molar refractivity (Wildman–Crippen MR) is 73.1 cm³/mol. The smallest absolute Gasteiger partial charge is 0.0476 e. The van der Waals surface area contributed by atoms with Crippen LogP contribution >= 0.6 is 0 Å². The molecule has 2 fully saturated rings.